The third-order valence-corrected chi connectivity index (χ3v) is 7.24. The summed E-state index contributed by atoms with van der Waals surface area (Å²) < 4.78 is 79.7. The molecule has 0 saturated heterocycles. The summed E-state index contributed by atoms with van der Waals surface area (Å²) in [5.74, 6) is -1.60. The van der Waals surface area contributed by atoms with Crippen LogP contribution in [0.4, 0.5) is 34.0 Å². The first kappa shape index (κ1) is 29.3. The second-order valence-corrected chi connectivity index (χ2v) is 11.5. The molecular weight excluding hydrogens is 582 g/mol. The molecule has 216 valence electrons. The molecule has 1 atom stereocenters. The van der Waals surface area contributed by atoms with Crippen LogP contribution in [-0.4, -0.2) is 64.1 Å². The van der Waals surface area contributed by atoms with E-state index in [9.17, 15) is 26.4 Å². The largest absolute Gasteiger partial charge is 0.465 e. The number of carbonyl (C=O) groups is 1. The van der Waals surface area contributed by atoms with Crippen LogP contribution in [0.15, 0.2) is 24.4 Å². The van der Waals surface area contributed by atoms with E-state index in [2.05, 4.69) is 30.6 Å². The van der Waals surface area contributed by atoms with Crippen molar-refractivity contribution in [1.29, 1.82) is 0 Å². The van der Waals surface area contributed by atoms with E-state index in [1.165, 1.54) is 18.3 Å². The number of alkyl halides is 3. The van der Waals surface area contributed by atoms with Gasteiger partial charge in [-0.3, -0.25) is 4.72 Å². The van der Waals surface area contributed by atoms with Gasteiger partial charge in [-0.05, 0) is 38.0 Å². The molecule has 1 aromatic carbocycles. The fourth-order valence-electron chi connectivity index (χ4n) is 3.72. The molecule has 1 saturated carbocycles. The molecule has 1 amide bonds. The molecule has 2 aromatic heterocycles. The Morgan fingerprint density at radius 2 is 2.00 bits per heavy atom. The molecule has 40 heavy (non-hydrogen) atoms. The number of hydrogen-bond acceptors (Lipinski definition) is 7. The van der Waals surface area contributed by atoms with E-state index in [0.717, 1.165) is 18.9 Å². The van der Waals surface area contributed by atoms with Gasteiger partial charge >= 0.3 is 12.3 Å². The zero-order valence-corrected chi connectivity index (χ0v) is 22.4. The first-order valence-electron chi connectivity index (χ1n) is 11.9. The van der Waals surface area contributed by atoms with Crippen molar-refractivity contribution in [2.24, 2.45) is 0 Å². The van der Waals surface area contributed by atoms with Crippen LogP contribution in [0.1, 0.15) is 37.9 Å². The Kier molecular flexibility index (Phi) is 8.39. The summed E-state index contributed by atoms with van der Waals surface area (Å²) >= 11 is 6.16. The number of nitrogens with zero attached hydrogens (tertiary/aromatic N) is 3. The summed E-state index contributed by atoms with van der Waals surface area (Å²) in [6.45, 7) is 1.80. The van der Waals surface area contributed by atoms with Crippen LogP contribution in [0, 0.1) is 5.82 Å². The Morgan fingerprint density at radius 3 is 2.65 bits per heavy atom. The molecule has 1 aliphatic carbocycles. The van der Waals surface area contributed by atoms with Crippen LogP contribution in [0.2, 0.25) is 5.02 Å². The van der Waals surface area contributed by atoms with Gasteiger partial charge in [0, 0.05) is 35.3 Å². The number of aromatic nitrogens is 4. The highest BCUT2D eigenvalue weighted by Crippen LogP contribution is 2.43. The zero-order valence-electron chi connectivity index (χ0n) is 20.8. The molecule has 1 unspecified atom stereocenters. The number of amides is 1. The van der Waals surface area contributed by atoms with E-state index < -0.39 is 52.0 Å². The van der Waals surface area contributed by atoms with Crippen molar-refractivity contribution in [3.05, 3.63) is 41.1 Å². The van der Waals surface area contributed by atoms with Gasteiger partial charge < -0.3 is 20.7 Å². The Balaban J connectivity index is 1.69. The van der Waals surface area contributed by atoms with Crippen molar-refractivity contribution >= 4 is 39.4 Å². The molecule has 11 nitrogen and oxygen atoms in total. The fourth-order valence-corrected chi connectivity index (χ4v) is 5.02. The van der Waals surface area contributed by atoms with E-state index in [-0.39, 0.29) is 46.1 Å². The van der Waals surface area contributed by atoms with Gasteiger partial charge in [-0.15, -0.1) is 0 Å². The monoisotopic (exact) mass is 605 g/mol. The lowest BCUT2D eigenvalue weighted by atomic mass is 10.1. The number of aromatic amines is 1. The Bertz CT molecular complexity index is 1510. The van der Waals surface area contributed by atoms with E-state index in [0.29, 0.717) is 5.82 Å². The maximum Gasteiger partial charge on any atom is 0.404 e. The van der Waals surface area contributed by atoms with Crippen LogP contribution in [0.3, 0.4) is 0 Å². The van der Waals surface area contributed by atoms with Crippen molar-refractivity contribution < 1.29 is 35.9 Å². The third-order valence-electron chi connectivity index (χ3n) is 5.75. The van der Waals surface area contributed by atoms with Crippen LogP contribution in [0.5, 0.6) is 0 Å². The molecule has 0 radical (unpaired) electrons. The summed E-state index contributed by atoms with van der Waals surface area (Å²) in [6.07, 6.45) is -4.40. The van der Waals surface area contributed by atoms with Crippen molar-refractivity contribution in [3.63, 3.8) is 0 Å². The molecule has 1 fully saturated rings. The average molecular weight is 606 g/mol. The van der Waals surface area contributed by atoms with Crippen LogP contribution >= 0.6 is 11.6 Å². The SMILES string of the molecule is CC(CNc1nccc(-c2[nH]c(C3CC3)nc2-c2cc(Cl)cc(NS(=O)(=O)CCC(F)(F)F)c2F)n1)NC(=O)O. The molecule has 2 heterocycles. The maximum absolute atomic E-state index is 15.7. The lowest BCUT2D eigenvalue weighted by Crippen LogP contribution is -2.36. The van der Waals surface area contributed by atoms with Crippen molar-refractivity contribution in [1.82, 2.24) is 25.3 Å². The molecule has 3 aromatic rings. The van der Waals surface area contributed by atoms with Gasteiger partial charge in [0.2, 0.25) is 16.0 Å². The van der Waals surface area contributed by atoms with E-state index in [1.807, 2.05) is 4.72 Å². The first-order chi connectivity index (χ1) is 18.7. The number of halogens is 5. The van der Waals surface area contributed by atoms with Gasteiger partial charge in [0.25, 0.3) is 0 Å². The molecule has 17 heteroatoms. The van der Waals surface area contributed by atoms with Crippen molar-refractivity contribution in [2.45, 2.75) is 44.3 Å². The van der Waals surface area contributed by atoms with Gasteiger partial charge in [0.15, 0.2) is 5.82 Å². The second kappa shape index (κ2) is 11.4. The van der Waals surface area contributed by atoms with Crippen LogP contribution in [-0.2, 0) is 10.0 Å². The highest BCUT2D eigenvalue weighted by molar-refractivity contribution is 7.92. The molecule has 0 spiro atoms. The first-order valence-corrected chi connectivity index (χ1v) is 14.0. The normalized spacial score (nSPS) is 14.6. The van der Waals surface area contributed by atoms with Gasteiger partial charge in [0.1, 0.15) is 11.5 Å². The molecule has 5 N–H and O–H groups in total. The van der Waals surface area contributed by atoms with Gasteiger partial charge in [-0.25, -0.2) is 32.6 Å². The molecule has 4 rings (SSSR count). The number of rotatable bonds is 11. The van der Waals surface area contributed by atoms with Gasteiger partial charge in [-0.2, -0.15) is 13.2 Å². The summed E-state index contributed by atoms with van der Waals surface area (Å²) in [7, 11) is -4.56. The lowest BCUT2D eigenvalue weighted by Gasteiger charge is -2.14. The summed E-state index contributed by atoms with van der Waals surface area (Å²) in [5, 5.41) is 13.9. The topological polar surface area (TPSA) is 162 Å². The zero-order chi connectivity index (χ0) is 29.2. The molecule has 0 aliphatic heterocycles. The number of anilines is 2. The minimum absolute atomic E-state index is 0.0585. The highest BCUT2D eigenvalue weighted by Gasteiger charge is 2.32. The summed E-state index contributed by atoms with van der Waals surface area (Å²) in [5.41, 5.74) is -0.208. The van der Waals surface area contributed by atoms with Crippen molar-refractivity contribution in [3.8, 4) is 22.6 Å². The molecule has 0 bridgehead atoms. The highest BCUT2D eigenvalue weighted by atomic mass is 35.5. The van der Waals surface area contributed by atoms with Crippen LogP contribution < -0.4 is 15.4 Å². The Morgan fingerprint density at radius 1 is 1.27 bits per heavy atom. The number of sulfonamides is 1. The smallest absolute Gasteiger partial charge is 0.404 e. The van der Waals surface area contributed by atoms with E-state index in [1.54, 1.807) is 6.92 Å². The van der Waals surface area contributed by atoms with E-state index >= 15 is 4.39 Å². The number of hydrogen-bond donors (Lipinski definition) is 5. The summed E-state index contributed by atoms with van der Waals surface area (Å²) in [4.78, 5) is 27.0. The summed E-state index contributed by atoms with van der Waals surface area (Å²) in [6, 6.07) is 3.24. The van der Waals surface area contributed by atoms with Crippen molar-refractivity contribution in [2.75, 3.05) is 22.3 Å². The Labute approximate surface area is 230 Å². The third kappa shape index (κ3) is 7.71. The maximum atomic E-state index is 15.7. The predicted octanol–water partition coefficient (Wildman–Crippen LogP) is 4.97. The molecule has 1 aliphatic rings. The van der Waals surface area contributed by atoms with E-state index in [4.69, 9.17) is 16.7 Å². The number of benzene rings is 1. The second-order valence-electron chi connectivity index (χ2n) is 9.22. The standard InChI is InChI=1S/C23H24ClF4N7O4S/c1-11(31-22(36)37)10-30-21-29-6-4-15(32-21)19-18(33-20(34-19)12-2-3-12)14-8-13(24)9-16(17(14)25)35-40(38,39)7-5-23(26,27)28/h4,6,8-9,11-12,31,35H,2-3,5,7,10H2,1H3,(H,33,34)(H,36,37)(H,29,30,32). The predicted molar refractivity (Wildman–Crippen MR) is 139 cm³/mol. The Hall–Kier alpha value is -3.66. The minimum Gasteiger partial charge on any atom is -0.465 e. The lowest BCUT2D eigenvalue weighted by molar-refractivity contribution is -0.129. The quantitative estimate of drug-likeness (QED) is 0.191. The average Bonchev–Trinajstić information content (AvgIpc) is 3.61. The van der Waals surface area contributed by atoms with Gasteiger partial charge in [0.05, 0.1) is 29.2 Å². The number of carboxylic acid groups (broad SMARTS) is 1. The number of imidazole rings is 1. The fraction of sp³-hybridized carbons (Fsp3) is 0.391. The van der Waals surface area contributed by atoms with Gasteiger partial charge in [-0.1, -0.05) is 11.6 Å². The number of H-pyrrole nitrogens is 1. The number of nitrogens with one attached hydrogen (secondary N) is 4. The minimum atomic E-state index is -4.72. The van der Waals surface area contributed by atoms with Crippen LogP contribution in [0.25, 0.3) is 22.6 Å². The molecular formula is C23H24ClF4N7O4S.